The van der Waals surface area contributed by atoms with E-state index in [9.17, 15) is 9.59 Å². The van der Waals surface area contributed by atoms with Crippen LogP contribution >= 0.6 is 0 Å². The molecule has 0 aromatic rings. The van der Waals surface area contributed by atoms with Crippen LogP contribution in [-0.4, -0.2) is 60.9 Å². The molecule has 0 aliphatic carbocycles. The van der Waals surface area contributed by atoms with Gasteiger partial charge in [-0.1, -0.05) is 0 Å². The molecule has 2 aliphatic heterocycles. The standard InChI is InChI=1S/C14H24N2O4/c1-13(2,3)20-12(18)16-9-14(10-16)5-7-15(8-6-14)11(17)19-4/h5-10H2,1-4H3. The molecule has 2 aliphatic rings. The van der Waals surface area contributed by atoms with Gasteiger partial charge in [0.25, 0.3) is 0 Å². The van der Waals surface area contributed by atoms with Crippen LogP contribution in [-0.2, 0) is 9.47 Å². The molecular weight excluding hydrogens is 260 g/mol. The van der Waals surface area contributed by atoms with Crippen LogP contribution in [0.3, 0.4) is 0 Å². The van der Waals surface area contributed by atoms with Crippen molar-refractivity contribution < 1.29 is 19.1 Å². The summed E-state index contributed by atoms with van der Waals surface area (Å²) in [6, 6.07) is 0. The van der Waals surface area contributed by atoms with Crippen molar-refractivity contribution in [2.75, 3.05) is 33.3 Å². The second-order valence-corrected chi connectivity index (χ2v) is 6.79. The lowest BCUT2D eigenvalue weighted by atomic mass is 9.72. The summed E-state index contributed by atoms with van der Waals surface area (Å²) in [5.74, 6) is 0. The number of methoxy groups -OCH3 is 1. The molecule has 0 N–H and O–H groups in total. The van der Waals surface area contributed by atoms with Gasteiger partial charge in [0, 0.05) is 31.6 Å². The second kappa shape index (κ2) is 5.14. The van der Waals surface area contributed by atoms with E-state index in [2.05, 4.69) is 0 Å². The first-order valence-electron chi connectivity index (χ1n) is 7.06. The van der Waals surface area contributed by atoms with Gasteiger partial charge in [0.05, 0.1) is 7.11 Å². The summed E-state index contributed by atoms with van der Waals surface area (Å²) < 4.78 is 10.1. The lowest BCUT2D eigenvalue weighted by Crippen LogP contribution is -2.62. The molecule has 0 saturated carbocycles. The van der Waals surface area contributed by atoms with Gasteiger partial charge in [-0.05, 0) is 33.6 Å². The largest absolute Gasteiger partial charge is 0.453 e. The Hall–Kier alpha value is -1.46. The molecule has 6 heteroatoms. The third-order valence-corrected chi connectivity index (χ3v) is 3.96. The number of rotatable bonds is 0. The minimum absolute atomic E-state index is 0.168. The SMILES string of the molecule is COC(=O)N1CCC2(CC1)CN(C(=O)OC(C)(C)C)C2. The molecule has 1 spiro atoms. The molecule has 0 radical (unpaired) electrons. The molecule has 0 aromatic carbocycles. The number of likely N-dealkylation sites (tertiary alicyclic amines) is 2. The molecule has 2 rings (SSSR count). The van der Waals surface area contributed by atoms with Crippen LogP contribution in [0.1, 0.15) is 33.6 Å². The number of carbonyl (C=O) groups is 2. The van der Waals surface area contributed by atoms with E-state index in [1.807, 2.05) is 20.8 Å². The van der Waals surface area contributed by atoms with Crippen molar-refractivity contribution in [3.05, 3.63) is 0 Å². The van der Waals surface area contributed by atoms with Crippen LogP contribution in [0.25, 0.3) is 0 Å². The molecule has 20 heavy (non-hydrogen) atoms. The fraction of sp³-hybridized carbons (Fsp3) is 0.857. The van der Waals surface area contributed by atoms with Gasteiger partial charge in [0.2, 0.25) is 0 Å². The molecule has 0 atom stereocenters. The Morgan fingerprint density at radius 3 is 2.00 bits per heavy atom. The van der Waals surface area contributed by atoms with Gasteiger partial charge < -0.3 is 19.3 Å². The van der Waals surface area contributed by atoms with Gasteiger partial charge in [-0.3, -0.25) is 0 Å². The molecule has 2 amide bonds. The van der Waals surface area contributed by atoms with Crippen molar-refractivity contribution in [3.8, 4) is 0 Å². The van der Waals surface area contributed by atoms with Gasteiger partial charge in [-0.25, -0.2) is 9.59 Å². The first kappa shape index (κ1) is 14.9. The fourth-order valence-electron chi connectivity index (χ4n) is 2.83. The Balaban J connectivity index is 1.79. The van der Waals surface area contributed by atoms with Gasteiger partial charge in [0.1, 0.15) is 5.60 Å². The van der Waals surface area contributed by atoms with E-state index in [-0.39, 0.29) is 17.6 Å². The average molecular weight is 284 g/mol. The van der Waals surface area contributed by atoms with Gasteiger partial charge in [-0.15, -0.1) is 0 Å². The van der Waals surface area contributed by atoms with Crippen LogP contribution in [0.4, 0.5) is 9.59 Å². The molecule has 0 unspecified atom stereocenters. The zero-order valence-electron chi connectivity index (χ0n) is 12.8. The Bertz CT molecular complexity index is 386. The monoisotopic (exact) mass is 284 g/mol. The fourth-order valence-corrected chi connectivity index (χ4v) is 2.83. The zero-order valence-corrected chi connectivity index (χ0v) is 12.8. The lowest BCUT2D eigenvalue weighted by molar-refractivity contribution is -0.0574. The molecule has 0 bridgehead atoms. The minimum atomic E-state index is -0.450. The average Bonchev–Trinajstić information content (AvgIpc) is 2.33. The van der Waals surface area contributed by atoms with Gasteiger partial charge >= 0.3 is 12.2 Å². The predicted molar refractivity (Wildman–Crippen MR) is 73.5 cm³/mol. The Kier molecular flexibility index (Phi) is 3.84. The predicted octanol–water partition coefficient (Wildman–Crippen LogP) is 2.09. The third-order valence-electron chi connectivity index (χ3n) is 3.96. The van der Waals surface area contributed by atoms with Gasteiger partial charge in [-0.2, -0.15) is 0 Å². The highest BCUT2D eigenvalue weighted by Gasteiger charge is 2.48. The molecule has 0 aromatic heterocycles. The number of ether oxygens (including phenoxy) is 2. The summed E-state index contributed by atoms with van der Waals surface area (Å²) in [6.45, 7) is 8.48. The third kappa shape index (κ3) is 3.16. The van der Waals surface area contributed by atoms with E-state index in [4.69, 9.17) is 9.47 Å². The number of carbonyl (C=O) groups excluding carboxylic acids is 2. The highest BCUT2D eigenvalue weighted by molar-refractivity contribution is 5.70. The number of amides is 2. The van der Waals surface area contributed by atoms with Crippen molar-refractivity contribution in [2.24, 2.45) is 5.41 Å². The first-order chi connectivity index (χ1) is 9.25. The zero-order chi connectivity index (χ0) is 15.0. The Morgan fingerprint density at radius 2 is 1.55 bits per heavy atom. The van der Waals surface area contributed by atoms with E-state index in [0.717, 1.165) is 25.9 Å². The van der Waals surface area contributed by atoms with Crippen molar-refractivity contribution in [1.82, 2.24) is 9.80 Å². The number of hydrogen-bond acceptors (Lipinski definition) is 4. The number of piperidine rings is 1. The van der Waals surface area contributed by atoms with E-state index < -0.39 is 5.60 Å². The topological polar surface area (TPSA) is 59.1 Å². The quantitative estimate of drug-likeness (QED) is 0.683. The molecule has 2 heterocycles. The maximum Gasteiger partial charge on any atom is 0.410 e. The summed E-state index contributed by atoms with van der Waals surface area (Å²) in [6.07, 6.45) is 1.34. The summed E-state index contributed by atoms with van der Waals surface area (Å²) in [4.78, 5) is 26.8. The minimum Gasteiger partial charge on any atom is -0.453 e. The molecule has 2 fully saturated rings. The number of nitrogens with zero attached hydrogens (tertiary/aromatic N) is 2. The molecule has 114 valence electrons. The second-order valence-electron chi connectivity index (χ2n) is 6.79. The van der Waals surface area contributed by atoms with Crippen LogP contribution in [0.2, 0.25) is 0 Å². The molecule has 6 nitrogen and oxygen atoms in total. The normalized spacial score (nSPS) is 21.4. The summed E-state index contributed by atoms with van der Waals surface area (Å²) in [7, 11) is 1.40. The Morgan fingerprint density at radius 1 is 1.00 bits per heavy atom. The van der Waals surface area contributed by atoms with Gasteiger partial charge in [0.15, 0.2) is 0 Å². The Labute approximate surface area is 120 Å². The van der Waals surface area contributed by atoms with E-state index in [0.29, 0.717) is 13.1 Å². The summed E-state index contributed by atoms with van der Waals surface area (Å²) in [5, 5.41) is 0. The lowest BCUT2D eigenvalue weighted by Gasteiger charge is -2.53. The smallest absolute Gasteiger partial charge is 0.410 e. The summed E-state index contributed by atoms with van der Waals surface area (Å²) >= 11 is 0. The van der Waals surface area contributed by atoms with Crippen LogP contribution < -0.4 is 0 Å². The highest BCUT2D eigenvalue weighted by atomic mass is 16.6. The maximum atomic E-state index is 11.9. The van der Waals surface area contributed by atoms with E-state index >= 15 is 0 Å². The van der Waals surface area contributed by atoms with Crippen molar-refractivity contribution in [3.63, 3.8) is 0 Å². The van der Waals surface area contributed by atoms with Crippen molar-refractivity contribution in [1.29, 1.82) is 0 Å². The van der Waals surface area contributed by atoms with Crippen LogP contribution in [0, 0.1) is 5.41 Å². The first-order valence-corrected chi connectivity index (χ1v) is 7.06. The van der Waals surface area contributed by atoms with E-state index in [1.54, 1.807) is 9.80 Å². The van der Waals surface area contributed by atoms with E-state index in [1.165, 1.54) is 7.11 Å². The van der Waals surface area contributed by atoms with Crippen molar-refractivity contribution >= 4 is 12.2 Å². The molecular formula is C14H24N2O4. The van der Waals surface area contributed by atoms with Crippen LogP contribution in [0.5, 0.6) is 0 Å². The molecule has 2 saturated heterocycles. The van der Waals surface area contributed by atoms with Crippen LogP contribution in [0.15, 0.2) is 0 Å². The summed E-state index contributed by atoms with van der Waals surface area (Å²) in [5.41, 5.74) is -0.282. The highest BCUT2D eigenvalue weighted by Crippen LogP contribution is 2.41. The van der Waals surface area contributed by atoms with Crippen molar-refractivity contribution in [2.45, 2.75) is 39.2 Å². The maximum absolute atomic E-state index is 11.9. The number of hydrogen-bond donors (Lipinski definition) is 0.